The average Bonchev–Trinajstić information content (AvgIpc) is 4.09. The summed E-state index contributed by atoms with van der Waals surface area (Å²) in [6.07, 6.45) is 4.39. The summed E-state index contributed by atoms with van der Waals surface area (Å²) in [6.45, 7) is 3.96. The van der Waals surface area contributed by atoms with Crippen LogP contribution in [0.15, 0.2) is 110 Å². The molecule has 3 aliphatic rings. The van der Waals surface area contributed by atoms with Crippen LogP contribution in [0.2, 0.25) is 0 Å². The lowest BCUT2D eigenvalue weighted by molar-refractivity contribution is -0.126. The van der Waals surface area contributed by atoms with Gasteiger partial charge in [0.1, 0.15) is 46.3 Å². The van der Waals surface area contributed by atoms with Crippen molar-refractivity contribution < 1.29 is 69.1 Å². The Morgan fingerprint density at radius 3 is 1.46 bits per heavy atom. The summed E-state index contributed by atoms with van der Waals surface area (Å²) in [5.74, 6) is -7.53. The Labute approximate surface area is 458 Å². The van der Waals surface area contributed by atoms with Gasteiger partial charge in [-0.25, -0.2) is 46.3 Å². The van der Waals surface area contributed by atoms with Crippen molar-refractivity contribution in [1.82, 2.24) is 29.7 Å². The van der Waals surface area contributed by atoms with E-state index in [0.717, 1.165) is 0 Å². The molecule has 3 saturated heterocycles. The van der Waals surface area contributed by atoms with Crippen molar-refractivity contribution in [2.24, 2.45) is 0 Å². The van der Waals surface area contributed by atoms with Gasteiger partial charge in [-0.05, 0) is 110 Å². The Morgan fingerprint density at radius 1 is 0.633 bits per heavy atom. The van der Waals surface area contributed by atoms with Gasteiger partial charge < -0.3 is 39.1 Å². The third-order valence-electron chi connectivity index (χ3n) is 13.2. The average molecular weight is 1130 g/mol. The van der Waals surface area contributed by atoms with Crippen LogP contribution in [-0.4, -0.2) is 125 Å². The van der Waals surface area contributed by atoms with Gasteiger partial charge in [-0.1, -0.05) is 7.43 Å². The van der Waals surface area contributed by atoms with E-state index in [2.05, 4.69) is 30.6 Å². The van der Waals surface area contributed by atoms with Gasteiger partial charge >= 0.3 is 0 Å². The quantitative estimate of drug-likeness (QED) is 0.0687. The van der Waals surface area contributed by atoms with Gasteiger partial charge in [0, 0.05) is 51.4 Å². The molecular formula is C55H59ClF6N8O9. The number of methoxy groups -OCH3 is 2. The second kappa shape index (κ2) is 26.9. The highest BCUT2D eigenvalue weighted by Crippen LogP contribution is 2.44. The SMILES string of the molecule is C.COc1ncc(C2CN(C(C)C(=O)Nc3ccc(Oc4ccc(F)cc4)cn3)CCC2(F)F)cc1C1OCCO1.COc1ncc(C2CN(C(C)C(=O)Nc3ccc(Oc4ccc(F)cc4)cn3)CCC2(F)F)cc1C=O.Cl. The van der Waals surface area contributed by atoms with Crippen molar-refractivity contribution >= 4 is 42.1 Å². The standard InChI is InChI=1S/C28H29F3N4O5.C26H25F3N4O4.CH4.ClH/c1-17(25(36)34-24-8-7-21(15-32-24)40-20-5-3-19(29)4-6-20)35-10-9-28(30,31)23(16-35)18-13-22(26(37-2)33-14-18)27-38-11-12-39-27;1-16(24(35)32-23-8-7-21(13-30-23)37-20-5-3-19(27)4-6-20)33-10-9-26(28,29)22(14-33)17-11-18(15-34)25(36-2)31-12-17;;/h3-8,13-15,17,23,27H,9-12,16H2,1-2H3,(H,32,34,36);3-8,11-13,15-16,22H,9-10,14H2,1-2H3,(H,30,32,35);1H4;1H. The molecule has 2 amide bonds. The van der Waals surface area contributed by atoms with Crippen LogP contribution in [0, 0.1) is 11.6 Å². The van der Waals surface area contributed by atoms with Crippen molar-refractivity contribution in [2.75, 3.05) is 64.2 Å². The first-order chi connectivity index (χ1) is 36.9. The van der Waals surface area contributed by atoms with Crippen LogP contribution in [0.5, 0.6) is 34.8 Å². The number of aromatic nitrogens is 4. The molecule has 3 fully saturated rings. The zero-order valence-corrected chi connectivity index (χ0v) is 43.4. The first kappa shape index (κ1) is 60.8. The summed E-state index contributed by atoms with van der Waals surface area (Å²) in [5.41, 5.74) is 1.05. The van der Waals surface area contributed by atoms with E-state index >= 15 is 8.78 Å². The number of alkyl halides is 4. The van der Waals surface area contributed by atoms with Crippen LogP contribution >= 0.6 is 12.4 Å². The molecule has 0 radical (unpaired) electrons. The number of carbonyl (C=O) groups is 3. The number of hydrogen-bond donors (Lipinski definition) is 2. The molecule has 79 heavy (non-hydrogen) atoms. The van der Waals surface area contributed by atoms with E-state index in [-0.39, 0.29) is 98.1 Å². The zero-order valence-electron chi connectivity index (χ0n) is 42.5. The number of likely N-dealkylation sites (tertiary alicyclic amines) is 2. The zero-order chi connectivity index (χ0) is 54.9. The maximum Gasteiger partial charge on any atom is 0.257 e. The summed E-state index contributed by atoms with van der Waals surface area (Å²) < 4.78 is 119. The van der Waals surface area contributed by atoms with Crippen LogP contribution < -0.4 is 29.6 Å². The number of aldehydes is 1. The number of carbonyl (C=O) groups excluding carboxylic acids is 3. The van der Waals surface area contributed by atoms with Crippen molar-refractivity contribution in [2.45, 2.75) is 76.2 Å². The van der Waals surface area contributed by atoms with Crippen molar-refractivity contribution in [3.05, 3.63) is 144 Å². The topological polar surface area (TPSA) is 189 Å². The van der Waals surface area contributed by atoms with E-state index in [1.54, 1.807) is 54.0 Å². The number of nitrogens with one attached hydrogen (secondary N) is 2. The van der Waals surface area contributed by atoms with Gasteiger partial charge in [-0.2, -0.15) is 0 Å². The van der Waals surface area contributed by atoms with E-state index in [9.17, 15) is 31.9 Å². The molecule has 4 atom stereocenters. The molecule has 9 rings (SSSR count). The Hall–Kier alpha value is -7.44. The third-order valence-corrected chi connectivity index (χ3v) is 13.2. The largest absolute Gasteiger partial charge is 0.481 e. The molecule has 4 aromatic heterocycles. The summed E-state index contributed by atoms with van der Waals surface area (Å²) >= 11 is 0. The minimum atomic E-state index is -3.04. The van der Waals surface area contributed by atoms with Crippen LogP contribution in [0.4, 0.5) is 38.0 Å². The monoisotopic (exact) mass is 1120 g/mol. The highest BCUT2D eigenvalue weighted by atomic mass is 35.5. The van der Waals surface area contributed by atoms with Gasteiger partial charge in [0.05, 0.1) is 74.9 Å². The number of benzene rings is 2. The minimum absolute atomic E-state index is 0. The van der Waals surface area contributed by atoms with Crippen molar-refractivity contribution in [1.29, 1.82) is 0 Å². The molecule has 6 aromatic rings. The molecule has 0 spiro atoms. The molecule has 4 unspecified atom stereocenters. The lowest BCUT2D eigenvalue weighted by atomic mass is 9.86. The van der Waals surface area contributed by atoms with Crippen LogP contribution in [0.3, 0.4) is 0 Å². The lowest BCUT2D eigenvalue weighted by Crippen LogP contribution is -2.52. The molecule has 2 N–H and O–H groups in total. The van der Waals surface area contributed by atoms with Gasteiger partial charge in [-0.3, -0.25) is 24.2 Å². The number of amides is 2. The van der Waals surface area contributed by atoms with Crippen LogP contribution in [0.25, 0.3) is 0 Å². The molecule has 0 bridgehead atoms. The fraction of sp³-hybridized carbons (Fsp3) is 0.364. The number of pyridine rings is 4. The smallest absolute Gasteiger partial charge is 0.257 e. The number of ether oxygens (including phenoxy) is 6. The molecule has 24 heteroatoms. The van der Waals surface area contributed by atoms with E-state index in [4.69, 9.17) is 28.4 Å². The van der Waals surface area contributed by atoms with Gasteiger partial charge in [0.2, 0.25) is 23.6 Å². The molecule has 3 aliphatic heterocycles. The lowest BCUT2D eigenvalue weighted by Gasteiger charge is -2.40. The molecule has 7 heterocycles. The maximum absolute atomic E-state index is 15.2. The highest BCUT2D eigenvalue weighted by Gasteiger charge is 2.48. The van der Waals surface area contributed by atoms with E-state index in [1.807, 2.05) is 0 Å². The fourth-order valence-electron chi connectivity index (χ4n) is 8.84. The highest BCUT2D eigenvalue weighted by molar-refractivity contribution is 5.94. The summed E-state index contributed by atoms with van der Waals surface area (Å²) in [6, 6.07) is 18.8. The molecule has 0 saturated carbocycles. The van der Waals surface area contributed by atoms with Crippen molar-refractivity contribution in [3.8, 4) is 34.8 Å². The second-order valence-corrected chi connectivity index (χ2v) is 18.2. The molecular weight excluding hydrogens is 1070 g/mol. The van der Waals surface area contributed by atoms with E-state index in [0.29, 0.717) is 53.6 Å². The first-order valence-electron chi connectivity index (χ1n) is 24.3. The normalized spacial score (nSPS) is 18.7. The second-order valence-electron chi connectivity index (χ2n) is 18.2. The molecule has 17 nitrogen and oxygen atoms in total. The van der Waals surface area contributed by atoms with Gasteiger partial charge in [0.25, 0.3) is 11.8 Å². The summed E-state index contributed by atoms with van der Waals surface area (Å²) in [4.78, 5) is 57.2. The number of hydrogen-bond acceptors (Lipinski definition) is 15. The Balaban J connectivity index is 0.000000250. The summed E-state index contributed by atoms with van der Waals surface area (Å²) in [7, 11) is 2.78. The Kier molecular flexibility index (Phi) is 20.7. The number of halogens is 7. The molecule has 0 aliphatic carbocycles. The van der Waals surface area contributed by atoms with Crippen molar-refractivity contribution in [3.63, 3.8) is 0 Å². The predicted molar refractivity (Wildman–Crippen MR) is 281 cm³/mol. The number of rotatable bonds is 16. The van der Waals surface area contributed by atoms with Gasteiger partial charge in [0.15, 0.2) is 12.6 Å². The minimum Gasteiger partial charge on any atom is -0.481 e. The Morgan fingerprint density at radius 2 is 1.05 bits per heavy atom. The van der Waals surface area contributed by atoms with Crippen LogP contribution in [-0.2, 0) is 19.1 Å². The maximum atomic E-state index is 15.2. The third kappa shape index (κ3) is 15.2. The van der Waals surface area contributed by atoms with Gasteiger partial charge in [-0.15, -0.1) is 12.4 Å². The van der Waals surface area contributed by atoms with E-state index < -0.39 is 60.8 Å². The number of anilines is 2. The fourth-order valence-corrected chi connectivity index (χ4v) is 8.84. The first-order valence-corrected chi connectivity index (χ1v) is 24.3. The number of piperidine rings is 2. The molecule has 422 valence electrons. The summed E-state index contributed by atoms with van der Waals surface area (Å²) in [5, 5.41) is 5.41. The Bertz CT molecular complexity index is 2990. The van der Waals surface area contributed by atoms with Crippen LogP contribution in [0.1, 0.15) is 79.3 Å². The predicted octanol–water partition coefficient (Wildman–Crippen LogP) is 10.7. The van der Waals surface area contributed by atoms with E-state index in [1.165, 1.54) is 93.6 Å². The molecule has 2 aromatic carbocycles. The number of nitrogens with zero attached hydrogens (tertiary/aromatic N) is 6.